The Labute approximate surface area is 130 Å². The Morgan fingerprint density at radius 3 is 2.59 bits per heavy atom. The van der Waals surface area contributed by atoms with E-state index in [9.17, 15) is 4.79 Å². The van der Waals surface area contributed by atoms with Crippen molar-refractivity contribution < 1.29 is 14.3 Å². The first-order chi connectivity index (χ1) is 10.6. The van der Waals surface area contributed by atoms with E-state index in [1.54, 1.807) is 11.9 Å². The number of ether oxygens (including phenoxy) is 2. The van der Waals surface area contributed by atoms with Crippen LogP contribution in [0.1, 0.15) is 15.9 Å². The highest BCUT2D eigenvalue weighted by molar-refractivity contribution is 5.95. The number of aryl methyl sites for hydroxylation is 1. The number of amides is 1. The third-order valence-electron chi connectivity index (χ3n) is 3.77. The van der Waals surface area contributed by atoms with Crippen LogP contribution in [-0.2, 0) is 0 Å². The maximum Gasteiger partial charge on any atom is 0.253 e. The van der Waals surface area contributed by atoms with Gasteiger partial charge in [0.05, 0.1) is 6.54 Å². The average molecular weight is 297 g/mol. The molecule has 3 rings (SSSR count). The molecule has 2 aromatic rings. The quantitative estimate of drug-likeness (QED) is 0.874. The molecule has 1 heterocycles. The molecule has 0 saturated carbocycles. The van der Waals surface area contributed by atoms with Crippen LogP contribution in [0.25, 0.3) is 0 Å². The fourth-order valence-corrected chi connectivity index (χ4v) is 2.56. The summed E-state index contributed by atoms with van der Waals surface area (Å²) in [5, 5.41) is 0. The SMILES string of the molecule is Cc1ccccc1C(=O)N(C)CC1COc2ccccc2O1. The van der Waals surface area contributed by atoms with E-state index in [-0.39, 0.29) is 12.0 Å². The maximum absolute atomic E-state index is 12.5. The lowest BCUT2D eigenvalue weighted by atomic mass is 10.1. The van der Waals surface area contributed by atoms with Crippen LogP contribution in [0.4, 0.5) is 0 Å². The van der Waals surface area contributed by atoms with Crippen LogP contribution in [0.2, 0.25) is 0 Å². The van der Waals surface area contributed by atoms with Gasteiger partial charge < -0.3 is 14.4 Å². The number of likely N-dealkylation sites (N-methyl/N-ethyl adjacent to an activating group) is 1. The van der Waals surface area contributed by atoms with E-state index < -0.39 is 0 Å². The van der Waals surface area contributed by atoms with Gasteiger partial charge in [-0.05, 0) is 30.7 Å². The summed E-state index contributed by atoms with van der Waals surface area (Å²) in [4.78, 5) is 14.2. The van der Waals surface area contributed by atoms with Crippen molar-refractivity contribution in [1.82, 2.24) is 4.90 Å². The van der Waals surface area contributed by atoms with Crippen molar-refractivity contribution >= 4 is 5.91 Å². The molecule has 0 aromatic heterocycles. The number of hydrogen-bond donors (Lipinski definition) is 0. The first-order valence-corrected chi connectivity index (χ1v) is 7.34. The minimum absolute atomic E-state index is 0.000517. The highest BCUT2D eigenvalue weighted by atomic mass is 16.6. The van der Waals surface area contributed by atoms with E-state index >= 15 is 0 Å². The minimum Gasteiger partial charge on any atom is -0.486 e. The molecular formula is C18H19NO3. The fraction of sp³-hybridized carbons (Fsp3) is 0.278. The molecule has 0 fully saturated rings. The van der Waals surface area contributed by atoms with Crippen molar-refractivity contribution in [1.29, 1.82) is 0 Å². The molecule has 4 heteroatoms. The lowest BCUT2D eigenvalue weighted by molar-refractivity contribution is 0.0520. The standard InChI is InChI=1S/C18H19NO3/c1-13-7-3-4-8-15(13)18(20)19(2)11-14-12-21-16-9-5-6-10-17(16)22-14/h3-10,14H,11-12H2,1-2H3. The molecule has 0 saturated heterocycles. The second kappa shape index (κ2) is 6.10. The van der Waals surface area contributed by atoms with E-state index in [1.165, 1.54) is 0 Å². The Morgan fingerprint density at radius 1 is 1.14 bits per heavy atom. The Morgan fingerprint density at radius 2 is 1.82 bits per heavy atom. The Balaban J connectivity index is 1.67. The number of benzene rings is 2. The van der Waals surface area contributed by atoms with Gasteiger partial charge in [-0.15, -0.1) is 0 Å². The summed E-state index contributed by atoms with van der Waals surface area (Å²) >= 11 is 0. The average Bonchev–Trinajstić information content (AvgIpc) is 2.54. The van der Waals surface area contributed by atoms with E-state index in [1.807, 2.05) is 55.5 Å². The highest BCUT2D eigenvalue weighted by Crippen LogP contribution is 2.31. The molecule has 0 N–H and O–H groups in total. The molecule has 0 radical (unpaired) electrons. The molecule has 4 nitrogen and oxygen atoms in total. The summed E-state index contributed by atoms with van der Waals surface area (Å²) in [6.45, 7) is 2.88. The van der Waals surface area contributed by atoms with E-state index in [4.69, 9.17) is 9.47 Å². The maximum atomic E-state index is 12.5. The van der Waals surface area contributed by atoms with Gasteiger partial charge in [-0.3, -0.25) is 4.79 Å². The smallest absolute Gasteiger partial charge is 0.253 e. The van der Waals surface area contributed by atoms with Crippen molar-refractivity contribution in [3.05, 3.63) is 59.7 Å². The molecule has 1 aliphatic rings. The summed E-state index contributed by atoms with van der Waals surface area (Å²) in [6.07, 6.45) is -0.159. The molecule has 1 atom stereocenters. The van der Waals surface area contributed by atoms with E-state index in [0.29, 0.717) is 13.2 Å². The van der Waals surface area contributed by atoms with Crippen molar-refractivity contribution in [2.75, 3.05) is 20.2 Å². The second-order valence-electron chi connectivity index (χ2n) is 5.50. The fourth-order valence-electron chi connectivity index (χ4n) is 2.56. The summed E-state index contributed by atoms with van der Waals surface area (Å²) in [6, 6.07) is 15.2. The van der Waals surface area contributed by atoms with Gasteiger partial charge in [-0.25, -0.2) is 0 Å². The number of hydrogen-bond acceptors (Lipinski definition) is 3. The molecule has 114 valence electrons. The van der Waals surface area contributed by atoms with Crippen molar-refractivity contribution in [3.63, 3.8) is 0 Å². The lowest BCUT2D eigenvalue weighted by Crippen LogP contribution is -2.41. The summed E-state index contributed by atoms with van der Waals surface area (Å²) in [5.74, 6) is 1.49. The number of nitrogens with zero attached hydrogens (tertiary/aromatic N) is 1. The number of carbonyl (C=O) groups excluding carboxylic acids is 1. The number of carbonyl (C=O) groups is 1. The molecule has 1 unspecified atom stereocenters. The number of fused-ring (bicyclic) bond motifs is 1. The zero-order valence-electron chi connectivity index (χ0n) is 12.8. The summed E-state index contributed by atoms with van der Waals surface area (Å²) in [7, 11) is 1.79. The van der Waals surface area contributed by atoms with Gasteiger partial charge in [0, 0.05) is 12.6 Å². The Hall–Kier alpha value is -2.49. The number of rotatable bonds is 3. The van der Waals surface area contributed by atoms with Crippen LogP contribution in [0.3, 0.4) is 0 Å². The highest BCUT2D eigenvalue weighted by Gasteiger charge is 2.24. The van der Waals surface area contributed by atoms with Gasteiger partial charge in [0.15, 0.2) is 17.6 Å². The van der Waals surface area contributed by atoms with Crippen LogP contribution < -0.4 is 9.47 Å². The van der Waals surface area contributed by atoms with Gasteiger partial charge in [0.25, 0.3) is 5.91 Å². The third kappa shape index (κ3) is 2.91. The molecule has 1 amide bonds. The van der Waals surface area contributed by atoms with Crippen molar-refractivity contribution in [2.24, 2.45) is 0 Å². The van der Waals surface area contributed by atoms with Gasteiger partial charge in [0.2, 0.25) is 0 Å². The minimum atomic E-state index is -0.159. The summed E-state index contributed by atoms with van der Waals surface area (Å²) < 4.78 is 11.6. The monoisotopic (exact) mass is 297 g/mol. The van der Waals surface area contributed by atoms with Crippen LogP contribution in [0.15, 0.2) is 48.5 Å². The third-order valence-corrected chi connectivity index (χ3v) is 3.77. The predicted octanol–water partition coefficient (Wildman–Crippen LogP) is 2.91. The molecule has 0 spiro atoms. The molecule has 2 aromatic carbocycles. The first kappa shape index (κ1) is 14.4. The lowest BCUT2D eigenvalue weighted by Gasteiger charge is -2.29. The van der Waals surface area contributed by atoms with Gasteiger partial charge in [0.1, 0.15) is 6.61 Å². The molecular weight excluding hydrogens is 278 g/mol. The van der Waals surface area contributed by atoms with Crippen LogP contribution in [0, 0.1) is 6.92 Å². The van der Waals surface area contributed by atoms with Crippen molar-refractivity contribution in [2.45, 2.75) is 13.0 Å². The van der Waals surface area contributed by atoms with Crippen LogP contribution >= 0.6 is 0 Å². The largest absolute Gasteiger partial charge is 0.486 e. The molecule has 0 bridgehead atoms. The van der Waals surface area contributed by atoms with Crippen LogP contribution in [0.5, 0.6) is 11.5 Å². The topological polar surface area (TPSA) is 38.8 Å². The Kier molecular flexibility index (Phi) is 4.00. The molecule has 22 heavy (non-hydrogen) atoms. The zero-order chi connectivity index (χ0) is 15.5. The van der Waals surface area contributed by atoms with Crippen LogP contribution in [-0.4, -0.2) is 37.1 Å². The molecule has 1 aliphatic heterocycles. The van der Waals surface area contributed by atoms with E-state index in [0.717, 1.165) is 22.6 Å². The zero-order valence-corrected chi connectivity index (χ0v) is 12.8. The Bertz CT molecular complexity index is 684. The van der Waals surface area contributed by atoms with Gasteiger partial charge >= 0.3 is 0 Å². The summed E-state index contributed by atoms with van der Waals surface area (Å²) in [5.41, 5.74) is 1.70. The van der Waals surface area contributed by atoms with Crippen molar-refractivity contribution in [3.8, 4) is 11.5 Å². The normalized spacial score (nSPS) is 16.2. The first-order valence-electron chi connectivity index (χ1n) is 7.34. The predicted molar refractivity (Wildman–Crippen MR) is 84.5 cm³/mol. The van der Waals surface area contributed by atoms with Gasteiger partial charge in [-0.2, -0.15) is 0 Å². The number of para-hydroxylation sites is 2. The van der Waals surface area contributed by atoms with E-state index in [2.05, 4.69) is 0 Å². The second-order valence-corrected chi connectivity index (χ2v) is 5.50. The molecule has 0 aliphatic carbocycles. The van der Waals surface area contributed by atoms with Gasteiger partial charge in [-0.1, -0.05) is 30.3 Å².